The van der Waals surface area contributed by atoms with Crippen molar-refractivity contribution >= 4 is 23.4 Å². The van der Waals surface area contributed by atoms with E-state index in [1.165, 1.54) is 18.2 Å². The van der Waals surface area contributed by atoms with Crippen LogP contribution in [0.4, 0.5) is 10.1 Å². The molecule has 5 heteroatoms. The second-order valence-electron chi connectivity index (χ2n) is 4.83. The van der Waals surface area contributed by atoms with Gasteiger partial charge in [0.2, 0.25) is 5.91 Å². The summed E-state index contributed by atoms with van der Waals surface area (Å²) in [6, 6.07) is 4.16. The van der Waals surface area contributed by atoms with Crippen molar-refractivity contribution in [3.8, 4) is 11.8 Å². The Labute approximate surface area is 122 Å². The van der Waals surface area contributed by atoms with Crippen molar-refractivity contribution < 1.29 is 9.18 Å². The number of halogens is 1. The number of rotatable bonds is 2. The zero-order valence-electron chi connectivity index (χ0n) is 11.3. The van der Waals surface area contributed by atoms with E-state index in [0.29, 0.717) is 11.3 Å². The van der Waals surface area contributed by atoms with Gasteiger partial charge >= 0.3 is 0 Å². The highest BCUT2D eigenvalue weighted by molar-refractivity contribution is 8.01. The maximum atomic E-state index is 13.3. The minimum Gasteiger partial charge on any atom is -0.324 e. The fourth-order valence-electron chi connectivity index (χ4n) is 2.09. The Balaban J connectivity index is 2.22. The van der Waals surface area contributed by atoms with E-state index in [1.54, 1.807) is 11.8 Å². The zero-order valence-corrected chi connectivity index (χ0v) is 12.1. The van der Waals surface area contributed by atoms with Crippen molar-refractivity contribution in [2.45, 2.75) is 24.5 Å². The maximum Gasteiger partial charge on any atom is 0.240 e. The van der Waals surface area contributed by atoms with Crippen molar-refractivity contribution in [1.82, 2.24) is 0 Å². The summed E-state index contributed by atoms with van der Waals surface area (Å²) in [5.41, 5.74) is 6.32. The molecule has 2 rings (SSSR count). The molecule has 1 aromatic carbocycles. The molecule has 0 radical (unpaired) electrons. The number of anilines is 1. The van der Waals surface area contributed by atoms with Gasteiger partial charge in [-0.05, 0) is 43.7 Å². The summed E-state index contributed by atoms with van der Waals surface area (Å²) < 4.78 is 12.9. The molecule has 1 heterocycles. The van der Waals surface area contributed by atoms with Gasteiger partial charge in [0.25, 0.3) is 0 Å². The highest BCUT2D eigenvalue weighted by Crippen LogP contribution is 2.38. The number of hydrogen-bond donors (Lipinski definition) is 2. The molecule has 1 amide bonds. The van der Waals surface area contributed by atoms with Crippen LogP contribution in [0, 0.1) is 17.7 Å². The van der Waals surface area contributed by atoms with Gasteiger partial charge in [-0.2, -0.15) is 0 Å². The summed E-state index contributed by atoms with van der Waals surface area (Å²) in [4.78, 5) is 12.3. The minimum atomic E-state index is -0.410. The lowest BCUT2D eigenvalue weighted by molar-refractivity contribution is -0.118. The molecule has 1 unspecified atom stereocenters. The molecular formula is C15H17FN2OS. The van der Waals surface area contributed by atoms with Gasteiger partial charge < -0.3 is 11.1 Å². The topological polar surface area (TPSA) is 55.1 Å². The molecule has 0 bridgehead atoms. The van der Waals surface area contributed by atoms with E-state index in [0.717, 1.165) is 18.6 Å². The van der Waals surface area contributed by atoms with Crippen LogP contribution in [0.3, 0.4) is 0 Å². The lowest BCUT2D eigenvalue weighted by atomic mass is 10.0. The smallest absolute Gasteiger partial charge is 0.240 e. The molecule has 0 aromatic heterocycles. The molecule has 1 aliphatic heterocycles. The number of hydrogen-bond acceptors (Lipinski definition) is 3. The number of amides is 1. The highest BCUT2D eigenvalue weighted by atomic mass is 32.2. The van der Waals surface area contributed by atoms with Gasteiger partial charge in [-0.3, -0.25) is 4.79 Å². The van der Waals surface area contributed by atoms with Crippen LogP contribution in [0.15, 0.2) is 18.2 Å². The lowest BCUT2D eigenvalue weighted by Gasteiger charge is -2.21. The maximum absolute atomic E-state index is 13.3. The van der Waals surface area contributed by atoms with Crippen LogP contribution < -0.4 is 11.1 Å². The van der Waals surface area contributed by atoms with Crippen molar-refractivity contribution in [2.75, 3.05) is 17.6 Å². The Hall–Kier alpha value is -1.51. The van der Waals surface area contributed by atoms with E-state index in [2.05, 4.69) is 17.2 Å². The number of carbonyl (C=O) groups is 1. The number of nitrogens with two attached hydrogens (primary N) is 1. The molecule has 1 fully saturated rings. The Morgan fingerprint density at radius 1 is 1.60 bits per heavy atom. The zero-order chi connectivity index (χ0) is 14.6. The second kappa shape index (κ2) is 6.29. The fourth-order valence-corrected chi connectivity index (χ4v) is 3.30. The molecular weight excluding hydrogens is 275 g/mol. The van der Waals surface area contributed by atoms with Crippen molar-refractivity contribution in [2.24, 2.45) is 5.73 Å². The third-order valence-corrected chi connectivity index (χ3v) is 4.77. The van der Waals surface area contributed by atoms with Gasteiger partial charge in [0.15, 0.2) is 0 Å². The van der Waals surface area contributed by atoms with Crippen molar-refractivity contribution in [3.05, 3.63) is 29.6 Å². The number of benzene rings is 1. The van der Waals surface area contributed by atoms with Gasteiger partial charge in [-0.25, -0.2) is 4.39 Å². The summed E-state index contributed by atoms with van der Waals surface area (Å²) in [5.74, 6) is 6.02. The lowest BCUT2D eigenvalue weighted by Crippen LogP contribution is -2.34. The van der Waals surface area contributed by atoms with Gasteiger partial charge in [0.05, 0.1) is 22.5 Å². The molecule has 106 valence electrons. The van der Waals surface area contributed by atoms with Crippen molar-refractivity contribution in [1.29, 1.82) is 0 Å². The van der Waals surface area contributed by atoms with Crippen LogP contribution in [0.5, 0.6) is 0 Å². The van der Waals surface area contributed by atoms with Gasteiger partial charge in [-0.1, -0.05) is 11.8 Å². The molecule has 1 aliphatic rings. The van der Waals surface area contributed by atoms with Crippen LogP contribution in [0.2, 0.25) is 0 Å². The second-order valence-corrected chi connectivity index (χ2v) is 6.43. The fraction of sp³-hybridized carbons (Fsp3) is 0.400. The Morgan fingerprint density at radius 2 is 2.40 bits per heavy atom. The van der Waals surface area contributed by atoms with Crippen LogP contribution in [-0.2, 0) is 4.79 Å². The molecule has 1 atom stereocenters. The quantitative estimate of drug-likeness (QED) is 0.823. The predicted octanol–water partition coefficient (Wildman–Crippen LogP) is 2.36. The largest absolute Gasteiger partial charge is 0.324 e. The average molecular weight is 292 g/mol. The standard InChI is InChI=1S/C15H17FN2OS/c1-15(7-3-9-20-15)14(19)18-13-6-5-12(16)10-11(13)4-2-8-17/h5-6,10H,3,7-9,17H2,1H3,(H,18,19). The number of thioether (sulfide) groups is 1. The first-order valence-corrected chi connectivity index (χ1v) is 7.47. The monoisotopic (exact) mass is 292 g/mol. The van der Waals surface area contributed by atoms with Gasteiger partial charge in [0, 0.05) is 0 Å². The first kappa shape index (κ1) is 14.9. The third kappa shape index (κ3) is 3.33. The summed E-state index contributed by atoms with van der Waals surface area (Å²) in [5, 5.41) is 2.86. The Bertz CT molecular complexity index is 571. The first-order valence-electron chi connectivity index (χ1n) is 6.49. The first-order chi connectivity index (χ1) is 9.55. The molecule has 3 N–H and O–H groups in total. The minimum absolute atomic E-state index is 0.0533. The van der Waals surface area contributed by atoms with Gasteiger partial charge in [-0.15, -0.1) is 11.8 Å². The van der Waals surface area contributed by atoms with E-state index < -0.39 is 4.75 Å². The number of carbonyl (C=O) groups excluding carboxylic acids is 1. The van der Waals surface area contributed by atoms with Crippen LogP contribution in [0.25, 0.3) is 0 Å². The van der Waals surface area contributed by atoms with Crippen LogP contribution in [0.1, 0.15) is 25.3 Å². The van der Waals surface area contributed by atoms with Crippen LogP contribution in [-0.4, -0.2) is 23.0 Å². The van der Waals surface area contributed by atoms with E-state index in [-0.39, 0.29) is 18.3 Å². The van der Waals surface area contributed by atoms with Crippen LogP contribution >= 0.6 is 11.8 Å². The Kier molecular flexibility index (Phi) is 4.69. The van der Waals surface area contributed by atoms with E-state index in [1.807, 2.05) is 6.92 Å². The molecule has 1 aromatic rings. The summed E-state index contributed by atoms with van der Waals surface area (Å²) in [7, 11) is 0. The van der Waals surface area contributed by atoms with E-state index >= 15 is 0 Å². The normalized spacial score (nSPS) is 21.1. The van der Waals surface area contributed by atoms with Gasteiger partial charge in [0.1, 0.15) is 5.82 Å². The van der Waals surface area contributed by atoms with E-state index in [4.69, 9.17) is 5.73 Å². The number of nitrogens with one attached hydrogen (secondary N) is 1. The van der Waals surface area contributed by atoms with E-state index in [9.17, 15) is 9.18 Å². The third-order valence-electron chi connectivity index (χ3n) is 3.25. The molecule has 1 saturated heterocycles. The summed E-state index contributed by atoms with van der Waals surface area (Å²) in [6.45, 7) is 2.13. The summed E-state index contributed by atoms with van der Waals surface area (Å²) >= 11 is 1.66. The highest BCUT2D eigenvalue weighted by Gasteiger charge is 2.37. The molecule has 0 saturated carbocycles. The molecule has 20 heavy (non-hydrogen) atoms. The summed E-state index contributed by atoms with van der Waals surface area (Å²) in [6.07, 6.45) is 1.90. The molecule has 3 nitrogen and oxygen atoms in total. The van der Waals surface area contributed by atoms with Crippen molar-refractivity contribution in [3.63, 3.8) is 0 Å². The molecule has 0 aliphatic carbocycles. The average Bonchev–Trinajstić information content (AvgIpc) is 2.87. The SMILES string of the molecule is CC1(C(=O)Nc2ccc(F)cc2C#CCN)CCCS1. The predicted molar refractivity (Wildman–Crippen MR) is 81.1 cm³/mol. The Morgan fingerprint density at radius 3 is 3.05 bits per heavy atom. The molecule has 0 spiro atoms.